The number of aromatic nitrogens is 1. The standard InChI is InChI=1S/C17H20N2O3/c20-17(21)10-13-6-8-19(9-7-13)12-15-11-16(18-22-15)14-4-2-1-3-5-14/h1-5,11,13H,6-10,12H2,(H,20,21). The molecule has 0 aliphatic carbocycles. The van der Waals surface area contributed by atoms with E-state index in [0.717, 1.165) is 49.5 Å². The molecule has 1 fully saturated rings. The number of hydrogen-bond donors (Lipinski definition) is 1. The molecule has 1 N–H and O–H groups in total. The van der Waals surface area contributed by atoms with Crippen LogP contribution in [0.15, 0.2) is 40.9 Å². The molecule has 0 unspecified atom stereocenters. The lowest BCUT2D eigenvalue weighted by atomic mass is 9.93. The monoisotopic (exact) mass is 300 g/mol. The van der Waals surface area contributed by atoms with E-state index in [-0.39, 0.29) is 6.42 Å². The summed E-state index contributed by atoms with van der Waals surface area (Å²) in [5.41, 5.74) is 1.91. The van der Waals surface area contributed by atoms with Gasteiger partial charge in [-0.05, 0) is 31.8 Å². The second-order valence-corrected chi connectivity index (χ2v) is 5.86. The molecule has 1 aliphatic rings. The molecule has 0 radical (unpaired) electrons. The summed E-state index contributed by atoms with van der Waals surface area (Å²) in [6.07, 6.45) is 2.16. The maximum atomic E-state index is 10.7. The summed E-state index contributed by atoms with van der Waals surface area (Å²) in [6, 6.07) is 12.0. The van der Waals surface area contributed by atoms with Gasteiger partial charge in [-0.3, -0.25) is 9.69 Å². The minimum absolute atomic E-state index is 0.286. The van der Waals surface area contributed by atoms with Crippen LogP contribution in [-0.4, -0.2) is 34.2 Å². The van der Waals surface area contributed by atoms with Crippen LogP contribution in [0.25, 0.3) is 11.3 Å². The third-order valence-electron chi connectivity index (χ3n) is 4.18. The van der Waals surface area contributed by atoms with Gasteiger partial charge in [-0.25, -0.2) is 0 Å². The number of likely N-dealkylation sites (tertiary alicyclic amines) is 1. The van der Waals surface area contributed by atoms with Crippen LogP contribution in [0.5, 0.6) is 0 Å². The fourth-order valence-corrected chi connectivity index (χ4v) is 2.95. The highest BCUT2D eigenvalue weighted by Crippen LogP contribution is 2.23. The predicted octanol–water partition coefficient (Wildman–Crippen LogP) is 3.03. The maximum absolute atomic E-state index is 10.7. The number of rotatable bonds is 5. The van der Waals surface area contributed by atoms with Crippen molar-refractivity contribution in [3.8, 4) is 11.3 Å². The van der Waals surface area contributed by atoms with Gasteiger partial charge in [0.2, 0.25) is 0 Å². The minimum atomic E-state index is -0.693. The van der Waals surface area contributed by atoms with Gasteiger partial charge in [0, 0.05) is 18.1 Å². The van der Waals surface area contributed by atoms with E-state index in [4.69, 9.17) is 9.63 Å². The quantitative estimate of drug-likeness (QED) is 0.919. The van der Waals surface area contributed by atoms with Crippen molar-refractivity contribution >= 4 is 5.97 Å². The Labute approximate surface area is 129 Å². The molecule has 116 valence electrons. The third-order valence-corrected chi connectivity index (χ3v) is 4.18. The van der Waals surface area contributed by atoms with Crippen LogP contribution >= 0.6 is 0 Å². The van der Waals surface area contributed by atoms with Gasteiger partial charge >= 0.3 is 5.97 Å². The number of benzene rings is 1. The maximum Gasteiger partial charge on any atom is 0.303 e. The van der Waals surface area contributed by atoms with E-state index in [9.17, 15) is 4.79 Å². The van der Waals surface area contributed by atoms with Gasteiger partial charge in [0.1, 0.15) is 5.69 Å². The van der Waals surface area contributed by atoms with E-state index >= 15 is 0 Å². The third kappa shape index (κ3) is 3.74. The van der Waals surface area contributed by atoms with Crippen molar-refractivity contribution in [2.24, 2.45) is 5.92 Å². The second-order valence-electron chi connectivity index (χ2n) is 5.86. The van der Waals surface area contributed by atoms with Crippen molar-refractivity contribution in [1.82, 2.24) is 10.1 Å². The average molecular weight is 300 g/mol. The van der Waals surface area contributed by atoms with Gasteiger partial charge < -0.3 is 9.63 Å². The van der Waals surface area contributed by atoms with Crippen molar-refractivity contribution in [2.75, 3.05) is 13.1 Å². The normalized spacial score (nSPS) is 16.7. The summed E-state index contributed by atoms with van der Waals surface area (Å²) >= 11 is 0. The molecular weight excluding hydrogens is 280 g/mol. The fourth-order valence-electron chi connectivity index (χ4n) is 2.95. The second kappa shape index (κ2) is 6.75. The van der Waals surface area contributed by atoms with E-state index in [0.29, 0.717) is 5.92 Å². The Hall–Kier alpha value is -2.14. The molecule has 5 nitrogen and oxygen atoms in total. The zero-order valence-electron chi connectivity index (χ0n) is 12.4. The Morgan fingerprint density at radius 1 is 1.27 bits per heavy atom. The number of aliphatic carboxylic acids is 1. The smallest absolute Gasteiger partial charge is 0.303 e. The lowest BCUT2D eigenvalue weighted by Crippen LogP contribution is -2.33. The Balaban J connectivity index is 1.55. The fraction of sp³-hybridized carbons (Fsp3) is 0.412. The largest absolute Gasteiger partial charge is 0.481 e. The van der Waals surface area contributed by atoms with E-state index in [2.05, 4.69) is 10.1 Å². The van der Waals surface area contributed by atoms with Crippen LogP contribution in [0.1, 0.15) is 25.0 Å². The predicted molar refractivity (Wildman–Crippen MR) is 82.2 cm³/mol. The van der Waals surface area contributed by atoms with Crippen molar-refractivity contribution in [3.05, 3.63) is 42.2 Å². The number of piperidine rings is 1. The highest BCUT2D eigenvalue weighted by atomic mass is 16.5. The first-order valence-electron chi connectivity index (χ1n) is 7.66. The van der Waals surface area contributed by atoms with Crippen LogP contribution in [0.2, 0.25) is 0 Å². The van der Waals surface area contributed by atoms with Gasteiger partial charge in [0.25, 0.3) is 0 Å². The highest BCUT2D eigenvalue weighted by molar-refractivity contribution is 5.67. The van der Waals surface area contributed by atoms with E-state index in [1.165, 1.54) is 0 Å². The number of nitrogens with zero attached hydrogens (tertiary/aromatic N) is 2. The Bertz CT molecular complexity index is 616. The lowest BCUT2D eigenvalue weighted by molar-refractivity contribution is -0.138. The van der Waals surface area contributed by atoms with Crippen molar-refractivity contribution in [2.45, 2.75) is 25.8 Å². The number of hydrogen-bond acceptors (Lipinski definition) is 4. The van der Waals surface area contributed by atoms with Gasteiger partial charge in [0.15, 0.2) is 5.76 Å². The van der Waals surface area contributed by atoms with Crippen molar-refractivity contribution in [3.63, 3.8) is 0 Å². The number of carboxylic acids is 1. The molecule has 2 heterocycles. The molecule has 1 aromatic heterocycles. The number of carboxylic acid groups (broad SMARTS) is 1. The Morgan fingerprint density at radius 2 is 2.00 bits per heavy atom. The molecule has 5 heteroatoms. The molecule has 1 aliphatic heterocycles. The topological polar surface area (TPSA) is 66.6 Å². The first kappa shape index (κ1) is 14.8. The Kier molecular flexibility index (Phi) is 4.53. The first-order valence-corrected chi connectivity index (χ1v) is 7.66. The summed E-state index contributed by atoms with van der Waals surface area (Å²) in [6.45, 7) is 2.57. The summed E-state index contributed by atoms with van der Waals surface area (Å²) in [7, 11) is 0. The zero-order valence-corrected chi connectivity index (χ0v) is 12.4. The minimum Gasteiger partial charge on any atom is -0.481 e. The molecule has 0 amide bonds. The molecule has 3 rings (SSSR count). The van der Waals surface area contributed by atoms with Crippen LogP contribution in [0, 0.1) is 5.92 Å². The SMILES string of the molecule is O=C(O)CC1CCN(Cc2cc(-c3ccccc3)no2)CC1. The lowest BCUT2D eigenvalue weighted by Gasteiger charge is -2.30. The van der Waals surface area contributed by atoms with E-state index < -0.39 is 5.97 Å². The zero-order chi connectivity index (χ0) is 15.4. The molecule has 1 saturated heterocycles. The van der Waals surface area contributed by atoms with Crippen molar-refractivity contribution < 1.29 is 14.4 Å². The van der Waals surface area contributed by atoms with Gasteiger partial charge in [-0.15, -0.1) is 0 Å². The van der Waals surface area contributed by atoms with Crippen LogP contribution < -0.4 is 0 Å². The molecule has 0 bridgehead atoms. The van der Waals surface area contributed by atoms with E-state index in [1.807, 2.05) is 36.4 Å². The summed E-state index contributed by atoms with van der Waals surface area (Å²) in [5, 5.41) is 13.0. The molecule has 0 saturated carbocycles. The summed E-state index contributed by atoms with van der Waals surface area (Å²) in [5.74, 6) is 0.472. The van der Waals surface area contributed by atoms with Crippen LogP contribution in [-0.2, 0) is 11.3 Å². The number of carbonyl (C=O) groups is 1. The molecule has 1 aromatic carbocycles. The summed E-state index contributed by atoms with van der Waals surface area (Å²) < 4.78 is 5.43. The molecule has 2 aromatic rings. The van der Waals surface area contributed by atoms with Crippen LogP contribution in [0.4, 0.5) is 0 Å². The van der Waals surface area contributed by atoms with Gasteiger partial charge in [-0.2, -0.15) is 0 Å². The first-order chi connectivity index (χ1) is 10.7. The average Bonchev–Trinajstić information content (AvgIpc) is 2.98. The van der Waals surface area contributed by atoms with Gasteiger partial charge in [-0.1, -0.05) is 35.5 Å². The van der Waals surface area contributed by atoms with E-state index in [1.54, 1.807) is 0 Å². The molecular formula is C17H20N2O3. The van der Waals surface area contributed by atoms with Crippen LogP contribution in [0.3, 0.4) is 0 Å². The summed E-state index contributed by atoms with van der Waals surface area (Å²) in [4.78, 5) is 13.0. The molecule has 0 spiro atoms. The van der Waals surface area contributed by atoms with Gasteiger partial charge in [0.05, 0.1) is 6.54 Å². The molecule has 22 heavy (non-hydrogen) atoms. The Morgan fingerprint density at radius 3 is 2.68 bits per heavy atom. The van der Waals surface area contributed by atoms with Crippen molar-refractivity contribution in [1.29, 1.82) is 0 Å². The molecule has 0 atom stereocenters. The highest BCUT2D eigenvalue weighted by Gasteiger charge is 2.22.